The van der Waals surface area contributed by atoms with Crippen LogP contribution in [0.15, 0.2) is 0 Å². The predicted octanol–water partition coefficient (Wildman–Crippen LogP) is 1.15. The summed E-state index contributed by atoms with van der Waals surface area (Å²) < 4.78 is 0. The van der Waals surface area contributed by atoms with E-state index in [1.807, 2.05) is 6.92 Å². The number of carbonyl (C=O) groups is 1. The number of hydrogen-bond acceptors (Lipinski definition) is 6. The Morgan fingerprint density at radius 3 is 2.68 bits per heavy atom. The van der Waals surface area contributed by atoms with Crippen LogP contribution in [0, 0.1) is 11.8 Å². The SMILES string of the molecule is CC(C)CNc1nc(N)c(C(=O)NCC(C)CO)s1. The zero-order chi connectivity index (χ0) is 14.4. The molecule has 0 fully saturated rings. The summed E-state index contributed by atoms with van der Waals surface area (Å²) >= 11 is 1.25. The first-order chi connectivity index (χ1) is 8.93. The van der Waals surface area contributed by atoms with Crippen molar-refractivity contribution in [1.82, 2.24) is 10.3 Å². The molecule has 0 radical (unpaired) electrons. The maximum Gasteiger partial charge on any atom is 0.265 e. The number of thiazole rings is 1. The first-order valence-electron chi connectivity index (χ1n) is 6.33. The lowest BCUT2D eigenvalue weighted by molar-refractivity contribution is 0.0947. The Morgan fingerprint density at radius 2 is 2.11 bits per heavy atom. The number of aromatic nitrogens is 1. The fraction of sp³-hybridized carbons (Fsp3) is 0.667. The second-order valence-corrected chi connectivity index (χ2v) is 6.00. The van der Waals surface area contributed by atoms with E-state index >= 15 is 0 Å². The van der Waals surface area contributed by atoms with Crippen LogP contribution in [-0.2, 0) is 0 Å². The Kier molecular flexibility index (Phi) is 6.04. The number of carbonyl (C=O) groups excluding carboxylic acids is 1. The van der Waals surface area contributed by atoms with Crippen molar-refractivity contribution >= 4 is 28.2 Å². The molecular weight excluding hydrogens is 264 g/mol. The van der Waals surface area contributed by atoms with Gasteiger partial charge in [-0.1, -0.05) is 32.1 Å². The highest BCUT2D eigenvalue weighted by Gasteiger charge is 2.16. The van der Waals surface area contributed by atoms with E-state index in [0.29, 0.717) is 22.5 Å². The van der Waals surface area contributed by atoms with Gasteiger partial charge < -0.3 is 21.5 Å². The minimum atomic E-state index is -0.243. The maximum absolute atomic E-state index is 11.9. The number of amides is 1. The van der Waals surface area contributed by atoms with E-state index in [9.17, 15) is 4.79 Å². The van der Waals surface area contributed by atoms with Gasteiger partial charge in [0.2, 0.25) is 0 Å². The number of aliphatic hydroxyl groups excluding tert-OH is 1. The number of nitrogens with two attached hydrogens (primary N) is 1. The van der Waals surface area contributed by atoms with Crippen LogP contribution in [0.3, 0.4) is 0 Å². The Bertz CT molecular complexity index is 420. The van der Waals surface area contributed by atoms with Gasteiger partial charge in [-0.25, -0.2) is 4.98 Å². The lowest BCUT2D eigenvalue weighted by atomic mass is 10.2. The molecule has 7 heteroatoms. The van der Waals surface area contributed by atoms with Gasteiger partial charge in [-0.15, -0.1) is 0 Å². The molecule has 0 spiro atoms. The zero-order valence-electron chi connectivity index (χ0n) is 11.6. The van der Waals surface area contributed by atoms with Crippen molar-refractivity contribution in [2.24, 2.45) is 11.8 Å². The number of hydrogen-bond donors (Lipinski definition) is 4. The van der Waals surface area contributed by atoms with Crippen LogP contribution in [-0.4, -0.2) is 35.7 Å². The largest absolute Gasteiger partial charge is 0.396 e. The van der Waals surface area contributed by atoms with Gasteiger partial charge in [-0.05, 0) is 11.8 Å². The highest BCUT2D eigenvalue weighted by Crippen LogP contribution is 2.24. The molecule has 1 amide bonds. The Morgan fingerprint density at radius 1 is 1.42 bits per heavy atom. The molecule has 0 aromatic carbocycles. The summed E-state index contributed by atoms with van der Waals surface area (Å²) in [6.45, 7) is 7.28. The molecule has 6 nitrogen and oxygen atoms in total. The summed E-state index contributed by atoms with van der Waals surface area (Å²) in [6.07, 6.45) is 0. The van der Waals surface area contributed by atoms with Gasteiger partial charge in [0.05, 0.1) is 0 Å². The molecule has 0 bridgehead atoms. The van der Waals surface area contributed by atoms with Crippen LogP contribution in [0.2, 0.25) is 0 Å². The average molecular weight is 286 g/mol. The van der Waals surface area contributed by atoms with Crippen LogP contribution in [0.25, 0.3) is 0 Å². The molecule has 1 aromatic rings. The summed E-state index contributed by atoms with van der Waals surface area (Å²) in [5, 5.41) is 15.4. The summed E-state index contributed by atoms with van der Waals surface area (Å²) in [4.78, 5) is 16.4. The summed E-state index contributed by atoms with van der Waals surface area (Å²) in [5.74, 6) is 0.516. The molecule has 0 aliphatic rings. The van der Waals surface area contributed by atoms with Crippen molar-refractivity contribution in [3.8, 4) is 0 Å². The van der Waals surface area contributed by atoms with Crippen LogP contribution in [0.4, 0.5) is 10.9 Å². The summed E-state index contributed by atoms with van der Waals surface area (Å²) in [7, 11) is 0. The molecular formula is C12H22N4O2S. The number of anilines is 2. The summed E-state index contributed by atoms with van der Waals surface area (Å²) in [6, 6.07) is 0. The van der Waals surface area contributed by atoms with E-state index in [1.165, 1.54) is 11.3 Å². The third-order valence-electron chi connectivity index (χ3n) is 2.44. The van der Waals surface area contributed by atoms with E-state index in [-0.39, 0.29) is 24.2 Å². The van der Waals surface area contributed by atoms with Gasteiger partial charge in [-0.2, -0.15) is 0 Å². The van der Waals surface area contributed by atoms with Crippen molar-refractivity contribution in [2.45, 2.75) is 20.8 Å². The number of nitrogens with one attached hydrogen (secondary N) is 2. The first kappa shape index (κ1) is 15.7. The molecule has 1 aromatic heterocycles. The Hall–Kier alpha value is -1.34. The lowest BCUT2D eigenvalue weighted by Gasteiger charge is -2.08. The van der Waals surface area contributed by atoms with Gasteiger partial charge in [0, 0.05) is 19.7 Å². The Balaban J connectivity index is 2.59. The van der Waals surface area contributed by atoms with Gasteiger partial charge in [0.15, 0.2) is 5.13 Å². The van der Waals surface area contributed by atoms with E-state index in [4.69, 9.17) is 10.8 Å². The number of aliphatic hydroxyl groups is 1. The topological polar surface area (TPSA) is 100 Å². The fourth-order valence-corrected chi connectivity index (χ4v) is 2.08. The van der Waals surface area contributed by atoms with E-state index < -0.39 is 0 Å². The van der Waals surface area contributed by atoms with E-state index in [2.05, 4.69) is 29.5 Å². The van der Waals surface area contributed by atoms with Gasteiger partial charge in [-0.3, -0.25) is 4.79 Å². The monoisotopic (exact) mass is 286 g/mol. The second-order valence-electron chi connectivity index (χ2n) is 5.01. The zero-order valence-corrected chi connectivity index (χ0v) is 12.4. The van der Waals surface area contributed by atoms with Gasteiger partial charge >= 0.3 is 0 Å². The van der Waals surface area contributed by atoms with Crippen molar-refractivity contribution in [3.05, 3.63) is 4.88 Å². The smallest absolute Gasteiger partial charge is 0.265 e. The van der Waals surface area contributed by atoms with Crippen molar-refractivity contribution in [3.63, 3.8) is 0 Å². The number of nitrogens with zero attached hydrogens (tertiary/aromatic N) is 1. The lowest BCUT2D eigenvalue weighted by Crippen LogP contribution is -2.29. The third kappa shape index (κ3) is 5.04. The van der Waals surface area contributed by atoms with Crippen LogP contribution >= 0.6 is 11.3 Å². The second kappa shape index (κ2) is 7.30. The molecule has 1 unspecified atom stereocenters. The third-order valence-corrected chi connectivity index (χ3v) is 3.47. The van der Waals surface area contributed by atoms with Crippen molar-refractivity contribution in [1.29, 1.82) is 0 Å². The molecule has 0 aliphatic heterocycles. The molecule has 0 aliphatic carbocycles. The Labute approximate surface area is 117 Å². The minimum Gasteiger partial charge on any atom is -0.396 e. The molecule has 1 atom stereocenters. The predicted molar refractivity (Wildman–Crippen MR) is 78.4 cm³/mol. The highest BCUT2D eigenvalue weighted by molar-refractivity contribution is 7.18. The quantitative estimate of drug-likeness (QED) is 0.602. The first-order valence-corrected chi connectivity index (χ1v) is 7.14. The fourth-order valence-electron chi connectivity index (χ4n) is 1.27. The van der Waals surface area contributed by atoms with Crippen LogP contribution < -0.4 is 16.4 Å². The van der Waals surface area contributed by atoms with Gasteiger partial charge in [0.25, 0.3) is 5.91 Å². The molecule has 0 saturated carbocycles. The normalized spacial score (nSPS) is 12.5. The maximum atomic E-state index is 11.9. The molecule has 0 saturated heterocycles. The van der Waals surface area contributed by atoms with E-state index in [0.717, 1.165) is 6.54 Å². The van der Waals surface area contributed by atoms with Crippen LogP contribution in [0.1, 0.15) is 30.4 Å². The molecule has 5 N–H and O–H groups in total. The van der Waals surface area contributed by atoms with Gasteiger partial charge in [0.1, 0.15) is 10.7 Å². The summed E-state index contributed by atoms with van der Waals surface area (Å²) in [5.41, 5.74) is 5.74. The average Bonchev–Trinajstić information content (AvgIpc) is 2.74. The minimum absolute atomic E-state index is 0.0247. The molecule has 1 heterocycles. The molecule has 1 rings (SSSR count). The van der Waals surface area contributed by atoms with Crippen molar-refractivity contribution in [2.75, 3.05) is 30.7 Å². The van der Waals surface area contributed by atoms with Crippen molar-refractivity contribution < 1.29 is 9.90 Å². The molecule has 19 heavy (non-hydrogen) atoms. The molecule has 108 valence electrons. The van der Waals surface area contributed by atoms with E-state index in [1.54, 1.807) is 0 Å². The highest BCUT2D eigenvalue weighted by atomic mass is 32.1. The standard InChI is InChI=1S/C12H22N4O2S/c1-7(2)4-15-12-16-10(13)9(19-12)11(18)14-5-8(3)6-17/h7-8,17H,4-6,13H2,1-3H3,(H,14,18)(H,15,16). The number of nitrogen functional groups attached to an aromatic ring is 1. The number of rotatable bonds is 7. The van der Waals surface area contributed by atoms with Crippen LogP contribution in [0.5, 0.6) is 0 Å².